The number of carbonyl (C=O) groups excluding carboxylic acids is 1. The van der Waals surface area contributed by atoms with Crippen LogP contribution in [0.5, 0.6) is 0 Å². The average molecular weight is 271 g/mol. The lowest BCUT2D eigenvalue weighted by Gasteiger charge is -2.25. The van der Waals surface area contributed by atoms with Crippen LogP contribution >= 0.6 is 11.3 Å². The third kappa shape index (κ3) is 4.33. The molecule has 1 aromatic heterocycles. The highest BCUT2D eigenvalue weighted by Crippen LogP contribution is 2.21. The fraction of sp³-hybridized carbons (Fsp3) is 0.545. The molecule has 0 saturated heterocycles. The average Bonchev–Trinajstić information content (AvgIpc) is 2.66. The number of hydrogen-bond acceptors (Lipinski definition) is 4. The van der Waals surface area contributed by atoms with Crippen LogP contribution in [0, 0.1) is 0 Å². The van der Waals surface area contributed by atoms with Gasteiger partial charge in [0.15, 0.2) is 0 Å². The molecule has 7 heteroatoms. The Bertz CT molecular complexity index is 417. The molecule has 0 saturated carbocycles. The number of hydrogen-bond donors (Lipinski definition) is 3. The van der Waals surface area contributed by atoms with Gasteiger partial charge in [0.25, 0.3) is 0 Å². The molecule has 6 nitrogen and oxygen atoms in total. The maximum absolute atomic E-state index is 11.7. The third-order valence-corrected chi connectivity index (χ3v) is 3.35. The predicted octanol–water partition coefficient (Wildman–Crippen LogP) is 1.54. The topological polar surface area (TPSA) is 91.3 Å². The van der Waals surface area contributed by atoms with Gasteiger partial charge in [0.1, 0.15) is 5.01 Å². The lowest BCUT2D eigenvalue weighted by molar-refractivity contribution is -0.137. The third-order valence-electron chi connectivity index (χ3n) is 2.25. The molecule has 18 heavy (non-hydrogen) atoms. The van der Waals surface area contributed by atoms with Crippen molar-refractivity contribution in [1.29, 1.82) is 0 Å². The zero-order chi connectivity index (χ0) is 13.8. The van der Waals surface area contributed by atoms with Gasteiger partial charge in [-0.2, -0.15) is 0 Å². The number of thiazole rings is 1. The molecule has 1 atom stereocenters. The summed E-state index contributed by atoms with van der Waals surface area (Å²) in [5.74, 6) is -0.943. The van der Waals surface area contributed by atoms with Crippen LogP contribution in [0.2, 0.25) is 0 Å². The Kier molecular flexibility index (Phi) is 4.66. The van der Waals surface area contributed by atoms with Crippen molar-refractivity contribution in [3.05, 3.63) is 16.6 Å². The molecular weight excluding hydrogens is 254 g/mol. The Morgan fingerprint density at radius 3 is 2.72 bits per heavy atom. The van der Waals surface area contributed by atoms with Crippen LogP contribution in [0.1, 0.15) is 32.2 Å². The van der Waals surface area contributed by atoms with E-state index in [2.05, 4.69) is 15.6 Å². The van der Waals surface area contributed by atoms with Crippen molar-refractivity contribution in [3.63, 3.8) is 0 Å². The SMILES string of the molecule is CC(CC(=O)O)NC(=O)NC(C)(C)c1nccs1. The van der Waals surface area contributed by atoms with Crippen LogP contribution in [0.3, 0.4) is 0 Å². The van der Waals surface area contributed by atoms with Crippen LogP contribution in [0.15, 0.2) is 11.6 Å². The molecule has 1 heterocycles. The van der Waals surface area contributed by atoms with E-state index < -0.39 is 23.6 Å². The summed E-state index contributed by atoms with van der Waals surface area (Å²) in [5, 5.41) is 16.6. The lowest BCUT2D eigenvalue weighted by Crippen LogP contribution is -2.49. The summed E-state index contributed by atoms with van der Waals surface area (Å²) < 4.78 is 0. The molecule has 1 rings (SSSR count). The number of aliphatic carboxylic acids is 1. The monoisotopic (exact) mass is 271 g/mol. The molecule has 0 aromatic carbocycles. The van der Waals surface area contributed by atoms with Gasteiger partial charge in [-0.1, -0.05) is 0 Å². The molecule has 3 N–H and O–H groups in total. The summed E-state index contributed by atoms with van der Waals surface area (Å²) in [4.78, 5) is 26.3. The predicted molar refractivity (Wildman–Crippen MR) is 68.5 cm³/mol. The smallest absolute Gasteiger partial charge is 0.315 e. The van der Waals surface area contributed by atoms with Gasteiger partial charge in [-0.05, 0) is 20.8 Å². The largest absolute Gasteiger partial charge is 0.481 e. The number of carbonyl (C=O) groups is 2. The number of nitrogens with zero attached hydrogens (tertiary/aromatic N) is 1. The lowest BCUT2D eigenvalue weighted by atomic mass is 10.1. The molecular formula is C11H17N3O3S. The summed E-state index contributed by atoms with van der Waals surface area (Å²) >= 11 is 1.45. The second-order valence-electron chi connectivity index (χ2n) is 4.56. The Morgan fingerprint density at radius 1 is 1.56 bits per heavy atom. The Morgan fingerprint density at radius 2 is 2.22 bits per heavy atom. The molecule has 0 aliphatic rings. The first-order valence-electron chi connectivity index (χ1n) is 5.51. The molecule has 0 bridgehead atoms. The number of carboxylic acids is 1. The Balaban J connectivity index is 2.52. The molecule has 0 aliphatic carbocycles. The molecule has 0 radical (unpaired) electrons. The van der Waals surface area contributed by atoms with Gasteiger partial charge in [-0.25, -0.2) is 9.78 Å². The van der Waals surface area contributed by atoms with Gasteiger partial charge in [0.05, 0.1) is 12.0 Å². The molecule has 1 aromatic rings. The van der Waals surface area contributed by atoms with Gasteiger partial charge in [0.2, 0.25) is 0 Å². The van der Waals surface area contributed by atoms with E-state index in [1.54, 1.807) is 13.1 Å². The fourth-order valence-electron chi connectivity index (χ4n) is 1.44. The molecule has 0 spiro atoms. The second-order valence-corrected chi connectivity index (χ2v) is 5.45. The second kappa shape index (κ2) is 5.81. The minimum Gasteiger partial charge on any atom is -0.481 e. The summed E-state index contributed by atoms with van der Waals surface area (Å²) in [7, 11) is 0. The van der Waals surface area contributed by atoms with Gasteiger partial charge in [-0.3, -0.25) is 4.79 Å². The van der Waals surface area contributed by atoms with Crippen LogP contribution in [0.4, 0.5) is 4.79 Å². The van der Waals surface area contributed by atoms with E-state index in [1.807, 2.05) is 19.2 Å². The first-order chi connectivity index (χ1) is 8.31. The molecule has 2 amide bonds. The highest BCUT2D eigenvalue weighted by atomic mass is 32.1. The Hall–Kier alpha value is -1.63. The number of rotatable bonds is 5. The summed E-state index contributed by atoms with van der Waals surface area (Å²) in [6, 6.07) is -0.821. The first kappa shape index (κ1) is 14.4. The number of aromatic nitrogens is 1. The van der Waals surface area contributed by atoms with E-state index in [0.717, 1.165) is 5.01 Å². The molecule has 0 aliphatic heterocycles. The van der Waals surface area contributed by atoms with E-state index in [1.165, 1.54) is 11.3 Å². The maximum Gasteiger partial charge on any atom is 0.315 e. The molecule has 1 unspecified atom stereocenters. The van der Waals surface area contributed by atoms with E-state index in [4.69, 9.17) is 5.11 Å². The van der Waals surface area contributed by atoms with E-state index >= 15 is 0 Å². The maximum atomic E-state index is 11.7. The van der Waals surface area contributed by atoms with E-state index in [9.17, 15) is 9.59 Å². The van der Waals surface area contributed by atoms with Gasteiger partial charge in [0, 0.05) is 17.6 Å². The minimum absolute atomic E-state index is 0.106. The van der Waals surface area contributed by atoms with Crippen molar-refractivity contribution in [2.24, 2.45) is 0 Å². The first-order valence-corrected chi connectivity index (χ1v) is 6.39. The number of urea groups is 1. The summed E-state index contributed by atoms with van der Waals surface area (Å²) in [6.45, 7) is 5.32. The van der Waals surface area contributed by atoms with Crippen molar-refractivity contribution in [1.82, 2.24) is 15.6 Å². The van der Waals surface area contributed by atoms with Crippen molar-refractivity contribution >= 4 is 23.3 Å². The van der Waals surface area contributed by atoms with Crippen LogP contribution in [0.25, 0.3) is 0 Å². The summed E-state index contributed by atoms with van der Waals surface area (Å²) in [5.41, 5.74) is -0.582. The number of nitrogens with one attached hydrogen (secondary N) is 2. The fourth-order valence-corrected chi connectivity index (χ4v) is 2.16. The highest BCUT2D eigenvalue weighted by molar-refractivity contribution is 7.09. The van der Waals surface area contributed by atoms with Crippen molar-refractivity contribution in [3.8, 4) is 0 Å². The van der Waals surface area contributed by atoms with Gasteiger partial charge < -0.3 is 15.7 Å². The van der Waals surface area contributed by atoms with Crippen LogP contribution in [-0.4, -0.2) is 28.1 Å². The van der Waals surface area contributed by atoms with Crippen molar-refractivity contribution in [2.45, 2.75) is 38.8 Å². The summed E-state index contributed by atoms with van der Waals surface area (Å²) in [6.07, 6.45) is 1.57. The van der Waals surface area contributed by atoms with E-state index in [0.29, 0.717) is 0 Å². The van der Waals surface area contributed by atoms with Crippen LogP contribution < -0.4 is 10.6 Å². The van der Waals surface area contributed by atoms with E-state index in [-0.39, 0.29) is 6.42 Å². The quantitative estimate of drug-likeness (QED) is 0.757. The number of carboxylic acid groups (broad SMARTS) is 1. The van der Waals surface area contributed by atoms with Gasteiger partial charge in [-0.15, -0.1) is 11.3 Å². The van der Waals surface area contributed by atoms with Crippen LogP contribution in [-0.2, 0) is 10.3 Å². The number of amides is 2. The normalized spacial score (nSPS) is 12.8. The minimum atomic E-state index is -0.943. The van der Waals surface area contributed by atoms with Gasteiger partial charge >= 0.3 is 12.0 Å². The molecule has 100 valence electrons. The molecule has 0 fully saturated rings. The van der Waals surface area contributed by atoms with Crippen molar-refractivity contribution in [2.75, 3.05) is 0 Å². The zero-order valence-electron chi connectivity index (χ0n) is 10.6. The zero-order valence-corrected chi connectivity index (χ0v) is 11.4. The standard InChI is InChI=1S/C11H17N3O3S/c1-7(6-8(15)16)13-10(17)14-11(2,3)9-12-4-5-18-9/h4-5,7H,6H2,1-3H3,(H,15,16)(H2,13,14,17). The Labute approximate surface area is 109 Å². The van der Waals surface area contributed by atoms with Crippen molar-refractivity contribution < 1.29 is 14.7 Å². The highest BCUT2D eigenvalue weighted by Gasteiger charge is 2.26.